The van der Waals surface area contributed by atoms with Crippen LogP contribution in [-0.4, -0.2) is 21.0 Å². The standard InChI is InChI=1S/C14H12N2O5/c1-9-11(16(19)20)6-7-13(15-9)21-12-5-3-2-4-10(12)8-14(17)18/h2-7H,8H2,1H3,(H,17,18). The zero-order valence-electron chi connectivity index (χ0n) is 11.1. The van der Waals surface area contributed by atoms with E-state index in [9.17, 15) is 14.9 Å². The van der Waals surface area contributed by atoms with Crippen molar-refractivity contribution in [3.05, 3.63) is 57.8 Å². The van der Waals surface area contributed by atoms with Gasteiger partial charge in [-0.05, 0) is 13.0 Å². The third kappa shape index (κ3) is 3.53. The number of aromatic nitrogens is 1. The van der Waals surface area contributed by atoms with Crippen LogP contribution in [0.3, 0.4) is 0 Å². The van der Waals surface area contributed by atoms with Gasteiger partial charge in [-0.1, -0.05) is 18.2 Å². The average Bonchev–Trinajstić information content (AvgIpc) is 2.40. The monoisotopic (exact) mass is 288 g/mol. The van der Waals surface area contributed by atoms with E-state index in [-0.39, 0.29) is 23.7 Å². The maximum atomic E-state index is 10.8. The number of aryl methyl sites for hydroxylation is 1. The normalized spacial score (nSPS) is 10.1. The van der Waals surface area contributed by atoms with Gasteiger partial charge in [0.05, 0.1) is 11.3 Å². The number of para-hydroxylation sites is 1. The van der Waals surface area contributed by atoms with Gasteiger partial charge in [-0.3, -0.25) is 14.9 Å². The Kier molecular flexibility index (Phi) is 4.13. The van der Waals surface area contributed by atoms with Crippen LogP contribution in [0, 0.1) is 17.0 Å². The molecule has 7 heteroatoms. The zero-order chi connectivity index (χ0) is 15.4. The lowest BCUT2D eigenvalue weighted by Crippen LogP contribution is -2.02. The van der Waals surface area contributed by atoms with Gasteiger partial charge in [0, 0.05) is 17.7 Å². The molecule has 2 rings (SSSR count). The van der Waals surface area contributed by atoms with Crippen molar-refractivity contribution in [3.8, 4) is 11.6 Å². The summed E-state index contributed by atoms with van der Waals surface area (Å²) in [5, 5.41) is 19.6. The van der Waals surface area contributed by atoms with Gasteiger partial charge in [0.1, 0.15) is 11.4 Å². The molecule has 0 unspecified atom stereocenters. The number of ether oxygens (including phenoxy) is 1. The Morgan fingerprint density at radius 2 is 2.05 bits per heavy atom. The Morgan fingerprint density at radius 3 is 2.67 bits per heavy atom. The van der Waals surface area contributed by atoms with E-state index in [0.717, 1.165) is 0 Å². The molecule has 108 valence electrons. The summed E-state index contributed by atoms with van der Waals surface area (Å²) in [4.78, 5) is 25.0. The van der Waals surface area contributed by atoms with Crippen LogP contribution in [0.1, 0.15) is 11.3 Å². The molecule has 1 aromatic heterocycles. The molecule has 7 nitrogen and oxygen atoms in total. The number of carboxylic acid groups (broad SMARTS) is 1. The minimum atomic E-state index is -0.973. The first-order valence-corrected chi connectivity index (χ1v) is 6.07. The van der Waals surface area contributed by atoms with Crippen molar-refractivity contribution in [2.24, 2.45) is 0 Å². The number of nitro groups is 1. The molecule has 0 aliphatic heterocycles. The lowest BCUT2D eigenvalue weighted by atomic mass is 10.1. The van der Waals surface area contributed by atoms with Crippen molar-refractivity contribution in [3.63, 3.8) is 0 Å². The van der Waals surface area contributed by atoms with Gasteiger partial charge < -0.3 is 9.84 Å². The second-order valence-electron chi connectivity index (χ2n) is 4.29. The summed E-state index contributed by atoms with van der Waals surface area (Å²) in [5.41, 5.74) is 0.636. The van der Waals surface area contributed by atoms with Gasteiger partial charge in [-0.15, -0.1) is 0 Å². The summed E-state index contributed by atoms with van der Waals surface area (Å²) in [6, 6.07) is 9.36. The molecule has 0 fully saturated rings. The molecule has 1 aromatic carbocycles. The van der Waals surface area contributed by atoms with Gasteiger partial charge in [0.25, 0.3) is 5.69 Å². The minimum Gasteiger partial charge on any atom is -0.481 e. The smallest absolute Gasteiger partial charge is 0.307 e. The number of benzene rings is 1. The number of hydrogen-bond donors (Lipinski definition) is 1. The van der Waals surface area contributed by atoms with E-state index in [0.29, 0.717) is 11.3 Å². The Labute approximate surface area is 120 Å². The summed E-state index contributed by atoms with van der Waals surface area (Å²) in [5.74, 6) is -0.435. The van der Waals surface area contributed by atoms with E-state index in [2.05, 4.69) is 4.98 Å². The van der Waals surface area contributed by atoms with E-state index >= 15 is 0 Å². The van der Waals surface area contributed by atoms with Gasteiger partial charge >= 0.3 is 5.97 Å². The maximum Gasteiger partial charge on any atom is 0.307 e. The molecular weight excluding hydrogens is 276 g/mol. The Balaban J connectivity index is 2.28. The molecule has 0 bridgehead atoms. The summed E-state index contributed by atoms with van der Waals surface area (Å²) in [7, 11) is 0. The number of pyridine rings is 1. The van der Waals surface area contributed by atoms with Crippen LogP contribution < -0.4 is 4.74 Å². The van der Waals surface area contributed by atoms with Crippen LogP contribution in [-0.2, 0) is 11.2 Å². The van der Waals surface area contributed by atoms with Crippen LogP contribution in [0.5, 0.6) is 11.6 Å². The Bertz CT molecular complexity index is 700. The van der Waals surface area contributed by atoms with E-state index < -0.39 is 10.9 Å². The van der Waals surface area contributed by atoms with Crippen molar-refractivity contribution in [1.82, 2.24) is 4.98 Å². The molecule has 0 radical (unpaired) electrons. The molecule has 0 atom stereocenters. The predicted molar refractivity (Wildman–Crippen MR) is 73.5 cm³/mol. The first kappa shape index (κ1) is 14.4. The fraction of sp³-hybridized carbons (Fsp3) is 0.143. The highest BCUT2D eigenvalue weighted by molar-refractivity contribution is 5.71. The topological polar surface area (TPSA) is 103 Å². The first-order chi connectivity index (χ1) is 9.97. The number of hydrogen-bond acceptors (Lipinski definition) is 5. The number of carbonyl (C=O) groups is 1. The SMILES string of the molecule is Cc1nc(Oc2ccccc2CC(=O)O)ccc1[N+](=O)[O-]. The van der Waals surface area contributed by atoms with Crippen LogP contribution in [0.15, 0.2) is 36.4 Å². The lowest BCUT2D eigenvalue weighted by Gasteiger charge is -2.09. The molecule has 0 spiro atoms. The van der Waals surface area contributed by atoms with Crippen molar-refractivity contribution < 1.29 is 19.6 Å². The van der Waals surface area contributed by atoms with Gasteiger partial charge in [0.2, 0.25) is 5.88 Å². The van der Waals surface area contributed by atoms with Gasteiger partial charge in [-0.25, -0.2) is 4.98 Å². The highest BCUT2D eigenvalue weighted by Gasteiger charge is 2.14. The third-order valence-electron chi connectivity index (χ3n) is 2.76. The quantitative estimate of drug-likeness (QED) is 0.670. The fourth-order valence-electron chi connectivity index (χ4n) is 1.81. The molecule has 1 N–H and O–H groups in total. The second kappa shape index (κ2) is 6.00. The molecule has 1 heterocycles. The minimum absolute atomic E-state index is 0.0961. The molecule has 0 saturated heterocycles. The van der Waals surface area contributed by atoms with Crippen molar-refractivity contribution in [2.75, 3.05) is 0 Å². The third-order valence-corrected chi connectivity index (χ3v) is 2.76. The van der Waals surface area contributed by atoms with E-state index in [4.69, 9.17) is 9.84 Å². The van der Waals surface area contributed by atoms with Crippen molar-refractivity contribution >= 4 is 11.7 Å². The average molecular weight is 288 g/mol. The van der Waals surface area contributed by atoms with Crippen LogP contribution in [0.2, 0.25) is 0 Å². The van der Waals surface area contributed by atoms with Crippen LogP contribution in [0.4, 0.5) is 5.69 Å². The number of rotatable bonds is 5. The Hall–Kier alpha value is -2.96. The highest BCUT2D eigenvalue weighted by atomic mass is 16.6. The van der Waals surface area contributed by atoms with Crippen molar-refractivity contribution in [1.29, 1.82) is 0 Å². The fourth-order valence-corrected chi connectivity index (χ4v) is 1.81. The summed E-state index contributed by atoms with van der Waals surface area (Å²) in [6.07, 6.45) is -0.178. The molecule has 0 amide bonds. The second-order valence-corrected chi connectivity index (χ2v) is 4.29. The van der Waals surface area contributed by atoms with Crippen molar-refractivity contribution in [2.45, 2.75) is 13.3 Å². The Morgan fingerprint density at radius 1 is 1.33 bits per heavy atom. The molecule has 0 saturated carbocycles. The number of aliphatic carboxylic acids is 1. The lowest BCUT2D eigenvalue weighted by molar-refractivity contribution is -0.385. The summed E-state index contributed by atoms with van der Waals surface area (Å²) in [6.45, 7) is 1.51. The van der Waals surface area contributed by atoms with E-state index in [1.165, 1.54) is 19.1 Å². The largest absolute Gasteiger partial charge is 0.481 e. The van der Waals surface area contributed by atoms with Crippen LogP contribution >= 0.6 is 0 Å². The molecule has 0 aliphatic carbocycles. The van der Waals surface area contributed by atoms with Gasteiger partial charge in [0.15, 0.2) is 0 Å². The molecule has 21 heavy (non-hydrogen) atoms. The van der Waals surface area contributed by atoms with Crippen LogP contribution in [0.25, 0.3) is 0 Å². The number of nitrogens with zero attached hydrogens (tertiary/aromatic N) is 2. The zero-order valence-corrected chi connectivity index (χ0v) is 11.1. The predicted octanol–water partition coefficient (Wildman–Crippen LogP) is 2.72. The molecule has 2 aromatic rings. The molecule has 0 aliphatic rings. The highest BCUT2D eigenvalue weighted by Crippen LogP contribution is 2.26. The summed E-state index contributed by atoms with van der Waals surface area (Å²) < 4.78 is 5.53. The summed E-state index contributed by atoms with van der Waals surface area (Å²) >= 11 is 0. The van der Waals surface area contributed by atoms with E-state index in [1.807, 2.05) is 0 Å². The maximum absolute atomic E-state index is 10.8. The van der Waals surface area contributed by atoms with Gasteiger partial charge in [-0.2, -0.15) is 0 Å². The van der Waals surface area contributed by atoms with E-state index in [1.54, 1.807) is 24.3 Å². The first-order valence-electron chi connectivity index (χ1n) is 6.07. The molecular formula is C14H12N2O5. The number of carboxylic acids is 1.